The van der Waals surface area contributed by atoms with Crippen molar-refractivity contribution in [2.75, 3.05) is 0 Å². The summed E-state index contributed by atoms with van der Waals surface area (Å²) >= 11 is 0. The first-order chi connectivity index (χ1) is 19.2. The van der Waals surface area contributed by atoms with E-state index >= 15 is 0 Å². The number of fused-ring (bicyclic) bond motifs is 9. The Morgan fingerprint density at radius 2 is 1.66 bits per heavy atom. The van der Waals surface area contributed by atoms with Gasteiger partial charge in [0.15, 0.2) is 0 Å². The summed E-state index contributed by atoms with van der Waals surface area (Å²) in [4.78, 5) is 13.7. The molecule has 1 saturated heterocycles. The van der Waals surface area contributed by atoms with Crippen LogP contribution < -0.4 is 0 Å². The minimum absolute atomic E-state index is 0.00220. The number of carbonyl (C=O) groups excluding carboxylic acids is 1. The maximum absolute atomic E-state index is 13.7. The van der Waals surface area contributed by atoms with Crippen LogP contribution in [0.25, 0.3) is 0 Å². The van der Waals surface area contributed by atoms with Crippen molar-refractivity contribution in [3.05, 3.63) is 47.5 Å². The van der Waals surface area contributed by atoms with Gasteiger partial charge in [-0.15, -0.1) is 0 Å². The molecule has 7 rings (SSSR count). The fraction of sp³-hybridized carbons (Fsp3) is 0.757. The van der Waals surface area contributed by atoms with Crippen LogP contribution in [-0.2, 0) is 20.9 Å². The van der Waals surface area contributed by atoms with E-state index in [0.717, 1.165) is 37.7 Å². The second-order valence-electron chi connectivity index (χ2n) is 17.0. The molecule has 0 spiro atoms. The first-order valence-corrected chi connectivity index (χ1v) is 16.5. The van der Waals surface area contributed by atoms with Gasteiger partial charge in [-0.05, 0) is 103 Å². The topological polar surface area (TPSA) is 59.1 Å². The Kier molecular flexibility index (Phi) is 5.98. The Bertz CT molecular complexity index is 1270. The van der Waals surface area contributed by atoms with Crippen LogP contribution in [0.3, 0.4) is 0 Å². The average Bonchev–Trinajstić information content (AvgIpc) is 3.75. The van der Waals surface area contributed by atoms with Gasteiger partial charge in [-0.1, -0.05) is 83.5 Å². The van der Waals surface area contributed by atoms with Crippen LogP contribution in [0.2, 0.25) is 0 Å². The molecule has 1 N–H and O–H groups in total. The molecular weight excluding hydrogens is 508 g/mol. The maximum Gasteiger partial charge on any atom is 0.312 e. The number of benzene rings is 1. The third-order valence-electron chi connectivity index (χ3n) is 14.8. The molecule has 224 valence electrons. The van der Waals surface area contributed by atoms with E-state index in [1.165, 1.54) is 19.3 Å². The molecule has 0 radical (unpaired) electrons. The number of hydrogen-bond acceptors (Lipinski definition) is 4. The third-order valence-corrected chi connectivity index (χ3v) is 14.8. The molecule has 5 fully saturated rings. The van der Waals surface area contributed by atoms with Gasteiger partial charge in [-0.2, -0.15) is 0 Å². The highest BCUT2D eigenvalue weighted by Crippen LogP contribution is 2.77. The van der Waals surface area contributed by atoms with E-state index in [1.807, 2.05) is 30.3 Å². The van der Waals surface area contributed by atoms with Gasteiger partial charge in [0.05, 0.1) is 17.6 Å². The summed E-state index contributed by atoms with van der Waals surface area (Å²) in [5, 5.41) is 11.2. The molecule has 11 atom stereocenters. The molecule has 5 aliphatic carbocycles. The van der Waals surface area contributed by atoms with E-state index in [-0.39, 0.29) is 51.4 Å². The molecule has 4 nitrogen and oxygen atoms in total. The summed E-state index contributed by atoms with van der Waals surface area (Å²) in [7, 11) is 0. The summed E-state index contributed by atoms with van der Waals surface area (Å²) < 4.78 is 12.3. The minimum atomic E-state index is -0.446. The number of esters is 1. The van der Waals surface area contributed by atoms with Crippen molar-refractivity contribution in [1.82, 2.24) is 0 Å². The normalized spacial score (nSPS) is 51.1. The molecule has 1 aliphatic heterocycles. The van der Waals surface area contributed by atoms with Crippen LogP contribution in [0.1, 0.15) is 105 Å². The number of aliphatic hydroxyl groups is 1. The molecule has 0 aromatic heterocycles. The van der Waals surface area contributed by atoms with Crippen molar-refractivity contribution < 1.29 is 19.4 Å². The molecule has 1 aromatic rings. The fourth-order valence-electron chi connectivity index (χ4n) is 11.8. The highest BCUT2D eigenvalue weighted by molar-refractivity contribution is 5.76. The van der Waals surface area contributed by atoms with Crippen molar-refractivity contribution in [3.8, 4) is 0 Å². The van der Waals surface area contributed by atoms with Crippen LogP contribution in [0, 0.1) is 50.2 Å². The lowest BCUT2D eigenvalue weighted by Gasteiger charge is -2.70. The molecule has 4 saturated carbocycles. The van der Waals surface area contributed by atoms with Crippen LogP contribution in [-0.4, -0.2) is 29.4 Å². The van der Waals surface area contributed by atoms with Crippen molar-refractivity contribution in [1.29, 1.82) is 0 Å². The Morgan fingerprint density at radius 1 is 0.951 bits per heavy atom. The molecule has 3 unspecified atom stereocenters. The number of ether oxygens (including phenoxy) is 2. The second kappa shape index (κ2) is 8.72. The number of epoxide rings is 1. The first kappa shape index (κ1) is 28.1. The third kappa shape index (κ3) is 3.62. The number of aliphatic hydroxyl groups excluding tert-OH is 1. The van der Waals surface area contributed by atoms with Gasteiger partial charge in [0.25, 0.3) is 0 Å². The zero-order chi connectivity index (χ0) is 29.2. The Balaban J connectivity index is 1.20. The second-order valence-corrected chi connectivity index (χ2v) is 17.0. The SMILES string of the molecule is CC1(C)C2CC[C@]3(C)C(CC=C4C5C[C@@](C)(C(=O)OCc6ccccc6)CC[C@]5(C)CC[C@]43C)[C@@]2(C)[C@@H]2O[C@@H]2[C@H]1O. The van der Waals surface area contributed by atoms with E-state index in [2.05, 4.69) is 54.5 Å². The summed E-state index contributed by atoms with van der Waals surface area (Å²) in [6.45, 7) is 17.3. The molecule has 4 heteroatoms. The van der Waals surface area contributed by atoms with Crippen molar-refractivity contribution in [2.24, 2.45) is 50.2 Å². The molecule has 0 bridgehead atoms. The van der Waals surface area contributed by atoms with Crippen molar-refractivity contribution >= 4 is 5.97 Å². The van der Waals surface area contributed by atoms with E-state index in [1.54, 1.807) is 5.57 Å². The van der Waals surface area contributed by atoms with Crippen LogP contribution in [0.5, 0.6) is 0 Å². The summed E-state index contributed by atoms with van der Waals surface area (Å²) in [5.41, 5.74) is 2.74. The van der Waals surface area contributed by atoms with Gasteiger partial charge in [-0.3, -0.25) is 4.79 Å². The van der Waals surface area contributed by atoms with E-state index < -0.39 is 5.41 Å². The van der Waals surface area contributed by atoms with Crippen molar-refractivity contribution in [3.63, 3.8) is 0 Å². The molecule has 6 aliphatic rings. The average molecular weight is 561 g/mol. The summed E-state index contributed by atoms with van der Waals surface area (Å²) in [6.07, 6.45) is 11.3. The Morgan fingerprint density at radius 3 is 2.39 bits per heavy atom. The highest BCUT2D eigenvalue weighted by Gasteiger charge is 2.76. The molecule has 1 aromatic carbocycles. The van der Waals surface area contributed by atoms with Gasteiger partial charge in [0.2, 0.25) is 0 Å². The van der Waals surface area contributed by atoms with E-state index in [9.17, 15) is 9.90 Å². The lowest BCUT2D eigenvalue weighted by Crippen LogP contribution is -2.66. The monoisotopic (exact) mass is 560 g/mol. The molecular formula is C37H52O4. The van der Waals surface area contributed by atoms with Gasteiger partial charge in [0.1, 0.15) is 12.7 Å². The fourth-order valence-corrected chi connectivity index (χ4v) is 11.8. The molecule has 0 amide bonds. The van der Waals surface area contributed by atoms with Crippen LogP contribution in [0.15, 0.2) is 42.0 Å². The summed E-state index contributed by atoms with van der Waals surface area (Å²) in [6, 6.07) is 10.1. The van der Waals surface area contributed by atoms with Gasteiger partial charge < -0.3 is 14.6 Å². The lowest BCUT2D eigenvalue weighted by atomic mass is 9.33. The largest absolute Gasteiger partial charge is 0.460 e. The zero-order valence-corrected chi connectivity index (χ0v) is 26.5. The molecule has 41 heavy (non-hydrogen) atoms. The Hall–Kier alpha value is -1.65. The quantitative estimate of drug-likeness (QED) is 0.232. The van der Waals surface area contributed by atoms with Crippen LogP contribution >= 0.6 is 0 Å². The van der Waals surface area contributed by atoms with Crippen molar-refractivity contribution in [2.45, 2.75) is 125 Å². The number of rotatable bonds is 3. The van der Waals surface area contributed by atoms with Gasteiger partial charge in [0, 0.05) is 5.41 Å². The number of hydrogen-bond donors (Lipinski definition) is 1. The Labute approximate surface area is 247 Å². The van der Waals surface area contributed by atoms with E-state index in [4.69, 9.17) is 9.47 Å². The predicted octanol–water partition coefficient (Wildman–Crippen LogP) is 7.88. The first-order valence-electron chi connectivity index (χ1n) is 16.5. The van der Waals surface area contributed by atoms with Gasteiger partial charge >= 0.3 is 5.97 Å². The smallest absolute Gasteiger partial charge is 0.312 e. The van der Waals surface area contributed by atoms with E-state index in [0.29, 0.717) is 24.4 Å². The number of carbonyl (C=O) groups is 1. The standard InChI is InChI=1S/C37H52O4/c1-32(2)26-15-16-36(6)27(37(26,7)30-28(41-30)29(32)38)14-13-24-25-21-34(4,18-17-33(25,3)19-20-35(24,36)5)31(39)40-22-23-11-9-8-10-12-23/h8-13,25-30,38H,14-22H2,1-7H3/t25?,26?,27?,28-,29-,30-,33-,34+,35-,36-,37+/m1/s1. The lowest BCUT2D eigenvalue weighted by molar-refractivity contribution is -0.194. The maximum atomic E-state index is 13.7. The highest BCUT2D eigenvalue weighted by atomic mass is 16.6. The zero-order valence-electron chi connectivity index (χ0n) is 26.5. The molecule has 1 heterocycles. The predicted molar refractivity (Wildman–Crippen MR) is 161 cm³/mol. The van der Waals surface area contributed by atoms with Crippen LogP contribution in [0.4, 0.5) is 0 Å². The number of allylic oxidation sites excluding steroid dienone is 2. The minimum Gasteiger partial charge on any atom is -0.460 e. The van der Waals surface area contributed by atoms with Gasteiger partial charge in [-0.25, -0.2) is 0 Å². The summed E-state index contributed by atoms with van der Waals surface area (Å²) in [5.74, 6) is 1.40.